The third-order valence-corrected chi connectivity index (χ3v) is 7.10. The van der Waals surface area contributed by atoms with Gasteiger partial charge in [0.2, 0.25) is 0 Å². The number of nitrogens with two attached hydrogens (primary N) is 1. The molecule has 1 rings (SSSR count). The molecular weight excluding hydrogens is 262 g/mol. The van der Waals surface area contributed by atoms with E-state index in [0.717, 1.165) is 0 Å². The Hall–Kier alpha value is -0.140. The quantitative estimate of drug-likeness (QED) is 0.738. The third kappa shape index (κ3) is 4.22. The van der Waals surface area contributed by atoms with E-state index in [4.69, 9.17) is 5.73 Å². The molecule has 0 aromatic rings. The van der Waals surface area contributed by atoms with E-state index in [-0.39, 0.29) is 29.6 Å². The van der Waals surface area contributed by atoms with Gasteiger partial charge in [-0.15, -0.1) is 0 Å². The van der Waals surface area contributed by atoms with Crippen molar-refractivity contribution in [2.45, 2.75) is 26.2 Å². The van der Waals surface area contributed by atoms with Crippen LogP contribution in [0.2, 0.25) is 0 Å². The summed E-state index contributed by atoms with van der Waals surface area (Å²) >= 11 is 0. The largest absolute Gasteiger partial charge is 0.330 e. The highest BCUT2D eigenvalue weighted by Gasteiger charge is 2.41. The fourth-order valence-electron chi connectivity index (χ4n) is 2.23. The van der Waals surface area contributed by atoms with E-state index in [1.807, 2.05) is 6.92 Å². The van der Waals surface area contributed by atoms with Crippen LogP contribution in [0.1, 0.15) is 26.2 Å². The van der Waals surface area contributed by atoms with Crippen LogP contribution in [0, 0.1) is 5.41 Å². The maximum Gasteiger partial charge on any atom is 0.150 e. The first kappa shape index (κ1) is 14.9. The molecule has 1 aliphatic heterocycles. The van der Waals surface area contributed by atoms with Crippen LogP contribution in [0.3, 0.4) is 0 Å². The topological polar surface area (TPSA) is 94.3 Å². The molecule has 1 atom stereocenters. The summed E-state index contributed by atoms with van der Waals surface area (Å²) in [6, 6.07) is 0. The first-order valence-corrected chi connectivity index (χ1v) is 9.49. The summed E-state index contributed by atoms with van der Waals surface area (Å²) in [5.41, 5.74) is 5.12. The summed E-state index contributed by atoms with van der Waals surface area (Å²) in [4.78, 5) is 0. The average molecular weight is 283 g/mol. The summed E-state index contributed by atoms with van der Waals surface area (Å²) in [5.74, 6) is 0.393. The first-order chi connectivity index (χ1) is 7.74. The molecule has 0 spiro atoms. The normalized spacial score (nSPS) is 28.4. The lowest BCUT2D eigenvalue weighted by Crippen LogP contribution is -2.34. The Morgan fingerprint density at radius 3 is 2.35 bits per heavy atom. The second-order valence-corrected chi connectivity index (χ2v) is 9.44. The Kier molecular flexibility index (Phi) is 4.60. The van der Waals surface area contributed by atoms with Gasteiger partial charge in [0.15, 0.2) is 9.84 Å². The molecule has 0 aromatic heterocycles. The van der Waals surface area contributed by atoms with Gasteiger partial charge in [-0.25, -0.2) is 16.8 Å². The molecule has 1 fully saturated rings. The monoisotopic (exact) mass is 283 g/mol. The number of hydrogen-bond donors (Lipinski definition) is 1. The molecule has 0 radical (unpaired) electrons. The van der Waals surface area contributed by atoms with Crippen LogP contribution < -0.4 is 5.73 Å². The molecule has 1 aliphatic rings. The second-order valence-electron chi connectivity index (χ2n) is 4.95. The Labute approximate surface area is 104 Å². The molecule has 1 unspecified atom stereocenters. The summed E-state index contributed by atoms with van der Waals surface area (Å²) in [7, 11) is -6.08. The molecule has 0 saturated carbocycles. The minimum Gasteiger partial charge on any atom is -0.330 e. The van der Waals surface area contributed by atoms with Crippen molar-refractivity contribution in [1.29, 1.82) is 0 Å². The van der Waals surface area contributed by atoms with Gasteiger partial charge in [-0.1, -0.05) is 6.92 Å². The van der Waals surface area contributed by atoms with Gasteiger partial charge in [-0.05, 0) is 31.2 Å². The molecule has 1 saturated heterocycles. The zero-order chi connectivity index (χ0) is 13.2. The van der Waals surface area contributed by atoms with E-state index < -0.39 is 25.1 Å². The van der Waals surface area contributed by atoms with Gasteiger partial charge in [0.25, 0.3) is 0 Å². The summed E-state index contributed by atoms with van der Waals surface area (Å²) < 4.78 is 46.1. The average Bonchev–Trinajstić information content (AvgIpc) is 2.53. The number of sulfone groups is 2. The molecular formula is C10H21NO4S2. The lowest BCUT2D eigenvalue weighted by Gasteiger charge is -2.25. The van der Waals surface area contributed by atoms with Crippen molar-refractivity contribution in [3.8, 4) is 0 Å². The van der Waals surface area contributed by atoms with E-state index in [1.54, 1.807) is 0 Å². The molecule has 0 bridgehead atoms. The molecule has 0 aliphatic carbocycles. The summed E-state index contributed by atoms with van der Waals surface area (Å²) in [6.45, 7) is 2.06. The van der Waals surface area contributed by atoms with Crippen LogP contribution >= 0.6 is 0 Å². The SMILES string of the molecule is CCCS(=O)(=O)CCC1(CN)CCS(=O)(=O)C1. The minimum atomic E-state index is -3.05. The molecule has 0 amide bonds. The fourth-order valence-corrected chi connectivity index (χ4v) is 6.03. The van der Waals surface area contributed by atoms with E-state index >= 15 is 0 Å². The van der Waals surface area contributed by atoms with Crippen LogP contribution in [0.4, 0.5) is 0 Å². The lowest BCUT2D eigenvalue weighted by molar-refractivity contribution is 0.334. The highest BCUT2D eigenvalue weighted by atomic mass is 32.2. The fraction of sp³-hybridized carbons (Fsp3) is 1.00. The Bertz CT molecular complexity index is 455. The smallest absolute Gasteiger partial charge is 0.150 e. The predicted octanol–water partition coefficient (Wildman–Crippen LogP) is -0.0351. The van der Waals surface area contributed by atoms with Crippen molar-refractivity contribution in [3.05, 3.63) is 0 Å². The van der Waals surface area contributed by atoms with Crippen LogP contribution in [-0.2, 0) is 19.7 Å². The van der Waals surface area contributed by atoms with Gasteiger partial charge in [0.05, 0.1) is 17.3 Å². The summed E-state index contributed by atoms with van der Waals surface area (Å²) in [6.07, 6.45) is 1.45. The van der Waals surface area contributed by atoms with Gasteiger partial charge in [-0.2, -0.15) is 0 Å². The maximum absolute atomic E-state index is 11.6. The zero-order valence-corrected chi connectivity index (χ0v) is 11.8. The van der Waals surface area contributed by atoms with Crippen LogP contribution in [-0.4, -0.2) is 46.4 Å². The zero-order valence-electron chi connectivity index (χ0n) is 10.2. The van der Waals surface area contributed by atoms with Gasteiger partial charge < -0.3 is 5.73 Å². The van der Waals surface area contributed by atoms with E-state index in [1.165, 1.54) is 0 Å². The third-order valence-electron chi connectivity index (χ3n) is 3.36. The highest BCUT2D eigenvalue weighted by Crippen LogP contribution is 2.35. The van der Waals surface area contributed by atoms with Gasteiger partial charge in [-0.3, -0.25) is 0 Å². The summed E-state index contributed by atoms with van der Waals surface area (Å²) in [5, 5.41) is 0. The van der Waals surface area contributed by atoms with E-state index in [2.05, 4.69) is 0 Å². The Morgan fingerprint density at radius 1 is 1.29 bits per heavy atom. The van der Waals surface area contributed by atoms with Crippen LogP contribution in [0.15, 0.2) is 0 Å². The van der Waals surface area contributed by atoms with Crippen molar-refractivity contribution >= 4 is 19.7 Å². The highest BCUT2D eigenvalue weighted by molar-refractivity contribution is 7.91. The molecule has 1 heterocycles. The molecule has 2 N–H and O–H groups in total. The van der Waals surface area contributed by atoms with E-state index in [9.17, 15) is 16.8 Å². The molecule has 5 nitrogen and oxygen atoms in total. The number of rotatable bonds is 6. The van der Waals surface area contributed by atoms with Crippen molar-refractivity contribution in [2.75, 3.05) is 29.6 Å². The first-order valence-electron chi connectivity index (χ1n) is 5.85. The van der Waals surface area contributed by atoms with Gasteiger partial charge >= 0.3 is 0 Å². The molecule has 7 heteroatoms. The van der Waals surface area contributed by atoms with Crippen molar-refractivity contribution in [2.24, 2.45) is 11.1 Å². The second kappa shape index (κ2) is 5.24. The van der Waals surface area contributed by atoms with E-state index in [0.29, 0.717) is 19.3 Å². The van der Waals surface area contributed by atoms with Crippen molar-refractivity contribution < 1.29 is 16.8 Å². The number of hydrogen-bond acceptors (Lipinski definition) is 5. The van der Waals surface area contributed by atoms with Crippen LogP contribution in [0.5, 0.6) is 0 Å². The Balaban J connectivity index is 2.67. The molecule has 0 aromatic carbocycles. The van der Waals surface area contributed by atoms with Gasteiger partial charge in [0.1, 0.15) is 9.84 Å². The maximum atomic E-state index is 11.6. The lowest BCUT2D eigenvalue weighted by atomic mass is 9.85. The van der Waals surface area contributed by atoms with Crippen molar-refractivity contribution in [1.82, 2.24) is 0 Å². The molecule has 102 valence electrons. The molecule has 17 heavy (non-hydrogen) atoms. The Morgan fingerprint density at radius 2 is 1.94 bits per heavy atom. The van der Waals surface area contributed by atoms with Gasteiger partial charge in [0, 0.05) is 5.75 Å². The predicted molar refractivity (Wildman–Crippen MR) is 68.3 cm³/mol. The van der Waals surface area contributed by atoms with Crippen molar-refractivity contribution in [3.63, 3.8) is 0 Å². The standard InChI is InChI=1S/C10H21NO4S2/c1-2-5-16(12,13)6-3-10(8-11)4-7-17(14,15)9-10/h2-9,11H2,1H3. The van der Waals surface area contributed by atoms with Crippen LogP contribution in [0.25, 0.3) is 0 Å². The minimum absolute atomic E-state index is 0.0398.